The molecule has 2 fully saturated rings. The van der Waals surface area contributed by atoms with E-state index < -0.39 is 0 Å². The second-order valence-corrected chi connectivity index (χ2v) is 7.53. The molecule has 7 heteroatoms. The number of piperidine rings is 1. The second-order valence-electron chi connectivity index (χ2n) is 7.53. The van der Waals surface area contributed by atoms with Gasteiger partial charge in [-0.05, 0) is 30.9 Å². The minimum absolute atomic E-state index is 0.0153. The molecule has 1 N–H and O–H groups in total. The Morgan fingerprint density at radius 3 is 2.82 bits per heavy atom. The molecule has 0 bridgehead atoms. The van der Waals surface area contributed by atoms with Gasteiger partial charge in [-0.15, -0.1) is 0 Å². The van der Waals surface area contributed by atoms with Crippen molar-refractivity contribution in [3.63, 3.8) is 0 Å². The zero-order chi connectivity index (χ0) is 19.3. The van der Waals surface area contributed by atoms with Crippen LogP contribution in [0.5, 0.6) is 0 Å². The zero-order valence-corrected chi connectivity index (χ0v) is 16.3. The number of anilines is 3. The molecule has 1 atom stereocenters. The Labute approximate surface area is 165 Å². The predicted molar refractivity (Wildman–Crippen MR) is 109 cm³/mol. The molecule has 1 amide bonds. The first-order valence-electron chi connectivity index (χ1n) is 10.0. The number of carbonyl (C=O) groups excluding carboxylic acids is 1. The maximum Gasteiger partial charge on any atom is 0.272 e. The van der Waals surface area contributed by atoms with E-state index in [1.54, 1.807) is 6.07 Å². The normalized spacial score (nSPS) is 20.1. The topological polar surface area (TPSA) is 70.6 Å². The number of likely N-dealkylation sites (tertiary alicyclic amines) is 1. The smallest absolute Gasteiger partial charge is 0.272 e. The number of morpholine rings is 1. The summed E-state index contributed by atoms with van der Waals surface area (Å²) in [7, 11) is 0. The lowest BCUT2D eigenvalue weighted by Gasteiger charge is -2.31. The van der Waals surface area contributed by atoms with E-state index in [1.165, 1.54) is 12.7 Å². The van der Waals surface area contributed by atoms with Crippen molar-refractivity contribution >= 4 is 23.1 Å². The van der Waals surface area contributed by atoms with Crippen LogP contribution in [0.4, 0.5) is 17.2 Å². The maximum absolute atomic E-state index is 12.8. The molecule has 0 aliphatic carbocycles. The largest absolute Gasteiger partial charge is 0.378 e. The van der Waals surface area contributed by atoms with Crippen LogP contribution in [0.3, 0.4) is 0 Å². The maximum atomic E-state index is 12.8. The van der Waals surface area contributed by atoms with Crippen molar-refractivity contribution in [3.8, 4) is 0 Å². The van der Waals surface area contributed by atoms with Gasteiger partial charge in [-0.2, -0.15) is 0 Å². The van der Waals surface area contributed by atoms with Crippen LogP contribution >= 0.6 is 0 Å². The summed E-state index contributed by atoms with van der Waals surface area (Å²) >= 11 is 0. The van der Waals surface area contributed by atoms with E-state index in [1.807, 2.05) is 23.1 Å². The van der Waals surface area contributed by atoms with E-state index in [-0.39, 0.29) is 5.91 Å². The third-order valence-electron chi connectivity index (χ3n) is 5.35. The number of nitrogens with zero attached hydrogens (tertiary/aromatic N) is 4. The number of hydrogen-bond donors (Lipinski definition) is 1. The Bertz CT molecular complexity index is 822. The number of nitrogens with one attached hydrogen (secondary N) is 1. The van der Waals surface area contributed by atoms with Gasteiger partial charge in [-0.25, -0.2) is 9.97 Å². The van der Waals surface area contributed by atoms with Crippen LogP contribution in [-0.4, -0.2) is 60.2 Å². The van der Waals surface area contributed by atoms with Gasteiger partial charge in [0, 0.05) is 32.2 Å². The quantitative estimate of drug-likeness (QED) is 0.878. The Balaban J connectivity index is 1.52. The summed E-state index contributed by atoms with van der Waals surface area (Å²) in [5.74, 6) is 1.15. The van der Waals surface area contributed by atoms with E-state index >= 15 is 0 Å². The fourth-order valence-corrected chi connectivity index (χ4v) is 3.88. The van der Waals surface area contributed by atoms with Crippen molar-refractivity contribution in [2.45, 2.75) is 19.8 Å². The van der Waals surface area contributed by atoms with Crippen molar-refractivity contribution < 1.29 is 9.53 Å². The number of benzene rings is 1. The van der Waals surface area contributed by atoms with Gasteiger partial charge in [-0.1, -0.05) is 19.1 Å². The van der Waals surface area contributed by atoms with Gasteiger partial charge in [0.15, 0.2) is 0 Å². The molecule has 1 aromatic heterocycles. The van der Waals surface area contributed by atoms with Gasteiger partial charge in [0.2, 0.25) is 0 Å². The number of amides is 1. The van der Waals surface area contributed by atoms with Crippen LogP contribution in [-0.2, 0) is 4.74 Å². The van der Waals surface area contributed by atoms with Crippen LogP contribution in [0.1, 0.15) is 30.3 Å². The predicted octanol–water partition coefficient (Wildman–Crippen LogP) is 2.93. The van der Waals surface area contributed by atoms with Gasteiger partial charge in [0.25, 0.3) is 5.91 Å². The standard InChI is InChI=1S/C21H27N5O2/c1-16-5-4-8-26(14-16)21(27)18-13-20(23-15-22-18)24-17-6-2-3-7-19(17)25-9-11-28-12-10-25/h2-3,6-7,13,15-16H,4-5,8-12,14H2,1H3,(H,22,23,24). The van der Waals surface area contributed by atoms with Crippen LogP contribution in [0.25, 0.3) is 0 Å². The summed E-state index contributed by atoms with van der Waals surface area (Å²) in [6, 6.07) is 9.89. The fraction of sp³-hybridized carbons (Fsp3) is 0.476. The van der Waals surface area contributed by atoms with E-state index in [2.05, 4.69) is 33.2 Å². The van der Waals surface area contributed by atoms with Crippen LogP contribution < -0.4 is 10.2 Å². The molecule has 2 aromatic rings. The van der Waals surface area contributed by atoms with Gasteiger partial charge in [0.05, 0.1) is 24.6 Å². The highest BCUT2D eigenvalue weighted by Crippen LogP contribution is 2.29. The number of carbonyl (C=O) groups is 1. The summed E-state index contributed by atoms with van der Waals surface area (Å²) in [5.41, 5.74) is 2.52. The van der Waals surface area contributed by atoms with Crippen molar-refractivity contribution in [1.82, 2.24) is 14.9 Å². The summed E-state index contributed by atoms with van der Waals surface area (Å²) in [4.78, 5) is 25.6. The van der Waals surface area contributed by atoms with Crippen molar-refractivity contribution in [1.29, 1.82) is 0 Å². The van der Waals surface area contributed by atoms with E-state index in [4.69, 9.17) is 4.74 Å². The molecule has 2 saturated heterocycles. The Morgan fingerprint density at radius 1 is 1.18 bits per heavy atom. The average Bonchev–Trinajstić information content (AvgIpc) is 2.74. The third kappa shape index (κ3) is 4.25. The van der Waals surface area contributed by atoms with Gasteiger partial charge < -0.3 is 19.9 Å². The molecule has 7 nitrogen and oxygen atoms in total. The number of para-hydroxylation sites is 2. The van der Waals surface area contributed by atoms with Crippen LogP contribution in [0.15, 0.2) is 36.7 Å². The van der Waals surface area contributed by atoms with Crippen molar-refractivity contribution in [2.24, 2.45) is 5.92 Å². The van der Waals surface area contributed by atoms with E-state index in [0.717, 1.165) is 57.2 Å². The van der Waals surface area contributed by atoms with Gasteiger partial charge >= 0.3 is 0 Å². The van der Waals surface area contributed by atoms with E-state index in [0.29, 0.717) is 17.4 Å². The van der Waals surface area contributed by atoms with Crippen LogP contribution in [0, 0.1) is 5.92 Å². The molecule has 4 rings (SSSR count). The summed E-state index contributed by atoms with van der Waals surface area (Å²) in [6.07, 6.45) is 3.69. The Morgan fingerprint density at radius 2 is 2.00 bits per heavy atom. The molecule has 1 unspecified atom stereocenters. The molecule has 2 aliphatic rings. The molecule has 0 saturated carbocycles. The molecule has 1 aromatic carbocycles. The minimum Gasteiger partial charge on any atom is -0.378 e. The SMILES string of the molecule is CC1CCCN(C(=O)c2cc(Nc3ccccc3N3CCOCC3)ncn2)C1. The zero-order valence-electron chi connectivity index (χ0n) is 16.3. The summed E-state index contributed by atoms with van der Waals surface area (Å²) < 4.78 is 5.46. The molecule has 3 heterocycles. The molecule has 0 spiro atoms. The first-order valence-corrected chi connectivity index (χ1v) is 10.0. The average molecular weight is 381 g/mol. The Kier molecular flexibility index (Phi) is 5.71. The fourth-order valence-electron chi connectivity index (χ4n) is 3.88. The molecular weight excluding hydrogens is 354 g/mol. The summed E-state index contributed by atoms with van der Waals surface area (Å²) in [6.45, 7) is 6.97. The monoisotopic (exact) mass is 381 g/mol. The lowest BCUT2D eigenvalue weighted by atomic mass is 10.00. The number of rotatable bonds is 4. The highest BCUT2D eigenvalue weighted by atomic mass is 16.5. The lowest BCUT2D eigenvalue weighted by Crippen LogP contribution is -2.39. The molecular formula is C21H27N5O2. The van der Waals surface area contributed by atoms with Crippen LogP contribution in [0.2, 0.25) is 0 Å². The third-order valence-corrected chi connectivity index (χ3v) is 5.35. The highest BCUT2D eigenvalue weighted by Gasteiger charge is 2.23. The second kappa shape index (κ2) is 8.56. The van der Waals surface area contributed by atoms with Crippen molar-refractivity contribution in [3.05, 3.63) is 42.4 Å². The van der Waals surface area contributed by atoms with Gasteiger partial charge in [0.1, 0.15) is 17.8 Å². The van der Waals surface area contributed by atoms with Crippen molar-refractivity contribution in [2.75, 3.05) is 49.6 Å². The number of ether oxygens (including phenoxy) is 1. The van der Waals surface area contributed by atoms with Gasteiger partial charge in [-0.3, -0.25) is 4.79 Å². The molecule has 0 radical (unpaired) electrons. The molecule has 2 aliphatic heterocycles. The first-order chi connectivity index (χ1) is 13.7. The first kappa shape index (κ1) is 18.7. The Hall–Kier alpha value is -2.67. The highest BCUT2D eigenvalue weighted by molar-refractivity contribution is 5.93. The number of aromatic nitrogens is 2. The summed E-state index contributed by atoms with van der Waals surface area (Å²) in [5, 5.41) is 3.37. The minimum atomic E-state index is -0.0153. The lowest BCUT2D eigenvalue weighted by molar-refractivity contribution is 0.0677. The molecule has 148 valence electrons. The van der Waals surface area contributed by atoms with E-state index in [9.17, 15) is 4.79 Å². The molecule has 28 heavy (non-hydrogen) atoms. The number of hydrogen-bond acceptors (Lipinski definition) is 6.